The first-order valence-corrected chi connectivity index (χ1v) is 9.24. The van der Waals surface area contributed by atoms with Gasteiger partial charge in [0, 0.05) is 17.4 Å². The first-order valence-electron chi connectivity index (χ1n) is 8.86. The quantitative estimate of drug-likeness (QED) is 0.369. The molecule has 2 heteroatoms. The first-order chi connectivity index (χ1) is 12.8. The second kappa shape index (κ2) is 6.19. The summed E-state index contributed by atoms with van der Waals surface area (Å²) in [4.78, 5) is 0. The number of fused-ring (bicyclic) bond motifs is 3. The highest BCUT2D eigenvalue weighted by molar-refractivity contribution is 6.36. The molecule has 0 radical (unpaired) electrons. The van der Waals surface area contributed by atoms with Crippen LogP contribution < -0.4 is 0 Å². The standard InChI is InChI=1S/C24H17ClO/c25-21-7-4-8-23-24(21)20-15-19(13-14-22(20)26-23)18-11-9-17(10-12-18)16-5-2-1-3-6-16/h1-12,15H,13-14H2. The molecule has 26 heavy (non-hydrogen) atoms. The van der Waals surface area contributed by atoms with Crippen molar-refractivity contribution >= 4 is 34.2 Å². The highest BCUT2D eigenvalue weighted by atomic mass is 35.5. The molecule has 0 aliphatic heterocycles. The van der Waals surface area contributed by atoms with Crippen molar-refractivity contribution in [2.24, 2.45) is 0 Å². The third-order valence-corrected chi connectivity index (χ3v) is 5.40. The lowest BCUT2D eigenvalue weighted by molar-refractivity contribution is 0.548. The van der Waals surface area contributed by atoms with E-state index in [1.54, 1.807) is 0 Å². The van der Waals surface area contributed by atoms with Crippen LogP contribution in [0.4, 0.5) is 0 Å². The zero-order valence-corrected chi connectivity index (χ0v) is 15.0. The summed E-state index contributed by atoms with van der Waals surface area (Å²) in [5, 5.41) is 1.78. The van der Waals surface area contributed by atoms with E-state index < -0.39 is 0 Å². The van der Waals surface area contributed by atoms with Crippen molar-refractivity contribution in [1.82, 2.24) is 0 Å². The molecule has 0 atom stereocenters. The Labute approximate surface area is 157 Å². The second-order valence-corrected chi connectivity index (χ2v) is 7.07. The van der Waals surface area contributed by atoms with Gasteiger partial charge in [-0.3, -0.25) is 0 Å². The molecule has 1 aromatic heterocycles. The van der Waals surface area contributed by atoms with Crippen LogP contribution in [0, 0.1) is 0 Å². The fourth-order valence-electron chi connectivity index (χ4n) is 3.75. The smallest absolute Gasteiger partial charge is 0.136 e. The second-order valence-electron chi connectivity index (χ2n) is 6.66. The summed E-state index contributed by atoms with van der Waals surface area (Å²) in [6.45, 7) is 0. The van der Waals surface area contributed by atoms with E-state index >= 15 is 0 Å². The van der Waals surface area contributed by atoms with E-state index in [0.29, 0.717) is 0 Å². The van der Waals surface area contributed by atoms with Gasteiger partial charge in [-0.05, 0) is 46.9 Å². The normalized spacial score (nSPS) is 13.5. The lowest BCUT2D eigenvalue weighted by atomic mass is 9.91. The number of aryl methyl sites for hydroxylation is 1. The van der Waals surface area contributed by atoms with Crippen molar-refractivity contribution in [2.75, 3.05) is 0 Å². The molecule has 0 unspecified atom stereocenters. The fourth-order valence-corrected chi connectivity index (χ4v) is 4.01. The summed E-state index contributed by atoms with van der Waals surface area (Å²) in [6.07, 6.45) is 4.13. The van der Waals surface area contributed by atoms with Crippen molar-refractivity contribution in [1.29, 1.82) is 0 Å². The van der Waals surface area contributed by atoms with Crippen molar-refractivity contribution in [3.8, 4) is 11.1 Å². The topological polar surface area (TPSA) is 13.1 Å². The molecule has 4 aromatic rings. The minimum Gasteiger partial charge on any atom is -0.460 e. The van der Waals surface area contributed by atoms with Gasteiger partial charge in [0.2, 0.25) is 0 Å². The highest BCUT2D eigenvalue weighted by Crippen LogP contribution is 2.39. The molecule has 1 aliphatic rings. The Morgan fingerprint density at radius 1 is 0.692 bits per heavy atom. The van der Waals surface area contributed by atoms with E-state index in [0.717, 1.165) is 40.2 Å². The maximum absolute atomic E-state index is 6.43. The number of allylic oxidation sites excluding steroid dienone is 1. The van der Waals surface area contributed by atoms with Crippen molar-refractivity contribution in [3.05, 3.63) is 94.7 Å². The third-order valence-electron chi connectivity index (χ3n) is 5.08. The third kappa shape index (κ3) is 2.56. The Morgan fingerprint density at radius 2 is 1.42 bits per heavy atom. The number of benzene rings is 3. The van der Waals surface area contributed by atoms with Crippen LogP contribution in [0.15, 0.2) is 77.2 Å². The minimum absolute atomic E-state index is 0.754. The van der Waals surface area contributed by atoms with E-state index in [2.05, 4.69) is 54.6 Å². The summed E-state index contributed by atoms with van der Waals surface area (Å²) in [6, 6.07) is 25.1. The van der Waals surface area contributed by atoms with Gasteiger partial charge in [0.05, 0.1) is 5.02 Å². The lowest BCUT2D eigenvalue weighted by Crippen LogP contribution is -1.96. The molecule has 0 amide bonds. The zero-order valence-electron chi connectivity index (χ0n) is 14.2. The SMILES string of the molecule is Clc1cccc2oc3c(c12)C=C(c1ccc(-c2ccccc2)cc1)CC3. The summed E-state index contributed by atoms with van der Waals surface area (Å²) >= 11 is 6.43. The summed E-state index contributed by atoms with van der Waals surface area (Å²) in [5.74, 6) is 1.04. The minimum atomic E-state index is 0.754. The molecule has 0 spiro atoms. The number of rotatable bonds is 2. The van der Waals surface area contributed by atoms with E-state index in [9.17, 15) is 0 Å². The van der Waals surface area contributed by atoms with Crippen LogP contribution in [0.2, 0.25) is 5.02 Å². The van der Waals surface area contributed by atoms with Gasteiger partial charge in [-0.25, -0.2) is 0 Å². The summed E-state index contributed by atoms with van der Waals surface area (Å²) in [7, 11) is 0. The average Bonchev–Trinajstić information content (AvgIpc) is 3.08. The van der Waals surface area contributed by atoms with E-state index in [-0.39, 0.29) is 0 Å². The van der Waals surface area contributed by atoms with Gasteiger partial charge < -0.3 is 4.42 Å². The molecule has 126 valence electrons. The van der Waals surface area contributed by atoms with Crippen LogP contribution in [-0.4, -0.2) is 0 Å². The number of halogens is 1. The molecule has 0 bridgehead atoms. The van der Waals surface area contributed by atoms with Gasteiger partial charge in [0.15, 0.2) is 0 Å². The van der Waals surface area contributed by atoms with E-state index in [1.807, 2.05) is 24.3 Å². The predicted octanol–water partition coefficient (Wildman–Crippen LogP) is 7.24. The van der Waals surface area contributed by atoms with Crippen molar-refractivity contribution in [2.45, 2.75) is 12.8 Å². The molecular weight excluding hydrogens is 340 g/mol. The number of hydrogen-bond acceptors (Lipinski definition) is 1. The summed E-state index contributed by atoms with van der Waals surface area (Å²) in [5.41, 5.74) is 7.09. The van der Waals surface area contributed by atoms with Gasteiger partial charge >= 0.3 is 0 Å². The molecule has 0 N–H and O–H groups in total. The molecule has 1 aliphatic carbocycles. The molecule has 0 fully saturated rings. The molecule has 3 aromatic carbocycles. The van der Waals surface area contributed by atoms with Gasteiger partial charge in [0.1, 0.15) is 11.3 Å². The number of furan rings is 1. The van der Waals surface area contributed by atoms with Crippen LogP contribution in [0.3, 0.4) is 0 Å². The molecular formula is C24H17ClO. The Kier molecular flexibility index (Phi) is 3.69. The van der Waals surface area contributed by atoms with E-state index in [1.165, 1.54) is 22.3 Å². The first kappa shape index (κ1) is 15.5. The van der Waals surface area contributed by atoms with Crippen molar-refractivity contribution < 1.29 is 4.42 Å². The Hall–Kier alpha value is -2.77. The fraction of sp³-hybridized carbons (Fsp3) is 0.0833. The van der Waals surface area contributed by atoms with Gasteiger partial charge in [-0.1, -0.05) is 72.3 Å². The largest absolute Gasteiger partial charge is 0.460 e. The predicted molar refractivity (Wildman–Crippen MR) is 109 cm³/mol. The van der Waals surface area contributed by atoms with Crippen LogP contribution in [0.5, 0.6) is 0 Å². The van der Waals surface area contributed by atoms with Crippen molar-refractivity contribution in [3.63, 3.8) is 0 Å². The summed E-state index contributed by atoms with van der Waals surface area (Å²) < 4.78 is 6.00. The molecule has 0 saturated carbocycles. The lowest BCUT2D eigenvalue weighted by Gasteiger charge is -2.14. The van der Waals surface area contributed by atoms with Gasteiger partial charge in [-0.2, -0.15) is 0 Å². The van der Waals surface area contributed by atoms with Gasteiger partial charge in [-0.15, -0.1) is 0 Å². The monoisotopic (exact) mass is 356 g/mol. The maximum Gasteiger partial charge on any atom is 0.136 e. The Bertz CT molecular complexity index is 1120. The van der Waals surface area contributed by atoms with E-state index in [4.69, 9.17) is 16.0 Å². The zero-order chi connectivity index (χ0) is 17.5. The van der Waals surface area contributed by atoms with Crippen LogP contribution in [0.25, 0.3) is 33.7 Å². The molecule has 1 nitrogen and oxygen atoms in total. The Balaban J connectivity index is 1.55. The van der Waals surface area contributed by atoms with Crippen LogP contribution >= 0.6 is 11.6 Å². The van der Waals surface area contributed by atoms with Crippen LogP contribution in [-0.2, 0) is 6.42 Å². The molecule has 1 heterocycles. The molecule has 0 saturated heterocycles. The Morgan fingerprint density at radius 3 is 2.23 bits per heavy atom. The number of hydrogen-bond donors (Lipinski definition) is 0. The van der Waals surface area contributed by atoms with Gasteiger partial charge in [0.25, 0.3) is 0 Å². The maximum atomic E-state index is 6.43. The van der Waals surface area contributed by atoms with Crippen LogP contribution in [0.1, 0.15) is 23.3 Å². The highest BCUT2D eigenvalue weighted by Gasteiger charge is 2.20. The molecule has 5 rings (SSSR count). The average molecular weight is 357 g/mol.